The van der Waals surface area contributed by atoms with Crippen molar-refractivity contribution in [2.24, 2.45) is 0 Å². The highest BCUT2D eigenvalue weighted by molar-refractivity contribution is 5.86. The Morgan fingerprint density at radius 2 is 2.44 bits per heavy atom. The second-order valence-electron chi connectivity index (χ2n) is 4.54. The van der Waals surface area contributed by atoms with Crippen LogP contribution in [0.5, 0.6) is 0 Å². The van der Waals surface area contributed by atoms with Gasteiger partial charge in [0.1, 0.15) is 0 Å². The van der Waals surface area contributed by atoms with E-state index in [1.807, 2.05) is 4.90 Å². The van der Waals surface area contributed by atoms with E-state index in [-0.39, 0.29) is 5.76 Å². The number of likely N-dealkylation sites (tertiary alicyclic amines) is 1. The first kappa shape index (κ1) is 11.2. The highest BCUT2D eigenvalue weighted by Gasteiger charge is 2.31. The summed E-state index contributed by atoms with van der Waals surface area (Å²) >= 11 is 0. The van der Waals surface area contributed by atoms with E-state index >= 15 is 0 Å². The number of carboxylic acid groups (broad SMARTS) is 1. The number of nitrogens with zero attached hydrogens (tertiary/aromatic N) is 1. The molecule has 1 unspecified atom stereocenters. The molecule has 1 atom stereocenters. The molecule has 0 saturated carbocycles. The SMILES string of the molecule is CC1(O)CCN(Cc2ccoc2C(=O)O)C1. The number of β-amino-alcohol motifs (C(OH)–C–C–N with tert-alkyl or cyclic N) is 1. The van der Waals surface area contributed by atoms with Crippen LogP contribution in [-0.4, -0.2) is 39.8 Å². The van der Waals surface area contributed by atoms with Gasteiger partial charge in [-0.25, -0.2) is 4.79 Å². The number of carbonyl (C=O) groups is 1. The van der Waals surface area contributed by atoms with Crippen molar-refractivity contribution in [1.82, 2.24) is 4.90 Å². The second kappa shape index (κ2) is 3.92. The van der Waals surface area contributed by atoms with Gasteiger partial charge in [0, 0.05) is 25.2 Å². The van der Waals surface area contributed by atoms with E-state index in [1.54, 1.807) is 13.0 Å². The number of hydrogen-bond donors (Lipinski definition) is 2. The Kier molecular flexibility index (Phi) is 2.73. The molecule has 0 spiro atoms. The normalized spacial score (nSPS) is 26.1. The minimum atomic E-state index is -1.05. The summed E-state index contributed by atoms with van der Waals surface area (Å²) < 4.78 is 4.90. The first-order valence-electron chi connectivity index (χ1n) is 5.22. The molecule has 5 heteroatoms. The van der Waals surface area contributed by atoms with E-state index in [1.165, 1.54) is 6.26 Å². The maximum atomic E-state index is 10.8. The third-order valence-electron chi connectivity index (χ3n) is 2.87. The van der Waals surface area contributed by atoms with Gasteiger partial charge in [-0.3, -0.25) is 4.90 Å². The molecule has 88 valence electrons. The van der Waals surface area contributed by atoms with Crippen molar-refractivity contribution in [3.8, 4) is 0 Å². The van der Waals surface area contributed by atoms with Gasteiger partial charge in [-0.05, 0) is 19.4 Å². The Bertz CT molecular complexity index is 396. The molecule has 5 nitrogen and oxygen atoms in total. The topological polar surface area (TPSA) is 73.9 Å². The summed E-state index contributed by atoms with van der Waals surface area (Å²) in [5.41, 5.74) is -0.00201. The summed E-state index contributed by atoms with van der Waals surface area (Å²) in [7, 11) is 0. The molecule has 1 aliphatic heterocycles. The van der Waals surface area contributed by atoms with Crippen LogP contribution in [0.1, 0.15) is 29.5 Å². The molecule has 1 aliphatic rings. The summed E-state index contributed by atoms with van der Waals surface area (Å²) in [5.74, 6) is -1.06. The van der Waals surface area contributed by atoms with E-state index < -0.39 is 11.6 Å². The predicted molar refractivity (Wildman–Crippen MR) is 56.2 cm³/mol. The number of furan rings is 1. The van der Waals surface area contributed by atoms with Gasteiger partial charge in [-0.15, -0.1) is 0 Å². The average molecular weight is 225 g/mol. The Labute approximate surface area is 93.3 Å². The molecule has 0 amide bonds. The molecular formula is C11H15NO4. The van der Waals surface area contributed by atoms with E-state index in [2.05, 4.69) is 0 Å². The molecule has 0 aliphatic carbocycles. The van der Waals surface area contributed by atoms with Gasteiger partial charge in [-0.2, -0.15) is 0 Å². The van der Waals surface area contributed by atoms with Gasteiger partial charge in [0.15, 0.2) is 0 Å². The van der Waals surface area contributed by atoms with Crippen LogP contribution >= 0.6 is 0 Å². The van der Waals surface area contributed by atoms with Crippen molar-refractivity contribution in [1.29, 1.82) is 0 Å². The zero-order valence-electron chi connectivity index (χ0n) is 9.14. The summed E-state index contributed by atoms with van der Waals surface area (Å²) in [6, 6.07) is 1.66. The van der Waals surface area contributed by atoms with Crippen molar-refractivity contribution in [3.63, 3.8) is 0 Å². The van der Waals surface area contributed by atoms with Crippen LogP contribution in [-0.2, 0) is 6.54 Å². The first-order chi connectivity index (χ1) is 7.48. The van der Waals surface area contributed by atoms with E-state index in [0.717, 1.165) is 6.54 Å². The molecule has 2 rings (SSSR count). The quantitative estimate of drug-likeness (QED) is 0.800. The van der Waals surface area contributed by atoms with Crippen LogP contribution in [0.3, 0.4) is 0 Å². The molecule has 1 saturated heterocycles. The van der Waals surface area contributed by atoms with Gasteiger partial charge in [0.25, 0.3) is 0 Å². The zero-order valence-corrected chi connectivity index (χ0v) is 9.14. The standard InChI is InChI=1S/C11H15NO4/c1-11(15)3-4-12(7-11)6-8-2-5-16-9(8)10(13)14/h2,5,15H,3-4,6-7H2,1H3,(H,13,14). The Hall–Kier alpha value is -1.33. The minimum Gasteiger partial charge on any atom is -0.475 e. The highest BCUT2D eigenvalue weighted by atomic mass is 16.4. The summed E-state index contributed by atoms with van der Waals surface area (Å²) in [4.78, 5) is 12.8. The molecule has 0 radical (unpaired) electrons. The molecule has 0 aromatic carbocycles. The third-order valence-corrected chi connectivity index (χ3v) is 2.87. The second-order valence-corrected chi connectivity index (χ2v) is 4.54. The van der Waals surface area contributed by atoms with Crippen LogP contribution < -0.4 is 0 Å². The van der Waals surface area contributed by atoms with Crippen molar-refractivity contribution < 1.29 is 19.4 Å². The lowest BCUT2D eigenvalue weighted by Crippen LogP contribution is -2.29. The van der Waals surface area contributed by atoms with Crippen LogP contribution in [0.15, 0.2) is 16.7 Å². The first-order valence-corrected chi connectivity index (χ1v) is 5.22. The monoisotopic (exact) mass is 225 g/mol. The van der Waals surface area contributed by atoms with Crippen LogP contribution in [0.25, 0.3) is 0 Å². The predicted octanol–water partition coefficient (Wildman–Crippen LogP) is 0.935. The average Bonchev–Trinajstić information content (AvgIpc) is 2.73. The fraction of sp³-hybridized carbons (Fsp3) is 0.545. The third kappa shape index (κ3) is 2.25. The summed E-state index contributed by atoms with van der Waals surface area (Å²) in [6.07, 6.45) is 2.10. The van der Waals surface area contributed by atoms with Gasteiger partial charge >= 0.3 is 5.97 Å². The Morgan fingerprint density at radius 3 is 3.00 bits per heavy atom. The van der Waals surface area contributed by atoms with E-state index in [9.17, 15) is 9.90 Å². The Morgan fingerprint density at radius 1 is 1.69 bits per heavy atom. The number of carboxylic acids is 1. The lowest BCUT2D eigenvalue weighted by Gasteiger charge is -2.18. The van der Waals surface area contributed by atoms with E-state index in [4.69, 9.17) is 9.52 Å². The molecule has 16 heavy (non-hydrogen) atoms. The maximum absolute atomic E-state index is 10.8. The smallest absolute Gasteiger partial charge is 0.372 e. The summed E-state index contributed by atoms with van der Waals surface area (Å²) in [5, 5.41) is 18.7. The van der Waals surface area contributed by atoms with Gasteiger partial charge in [-0.1, -0.05) is 0 Å². The van der Waals surface area contributed by atoms with Crippen molar-refractivity contribution in [3.05, 3.63) is 23.7 Å². The molecule has 1 fully saturated rings. The maximum Gasteiger partial charge on any atom is 0.372 e. The molecule has 2 N–H and O–H groups in total. The van der Waals surface area contributed by atoms with Gasteiger partial charge < -0.3 is 14.6 Å². The fourth-order valence-corrected chi connectivity index (χ4v) is 2.06. The van der Waals surface area contributed by atoms with Crippen molar-refractivity contribution in [2.45, 2.75) is 25.5 Å². The number of aliphatic hydroxyl groups is 1. The molecule has 1 aromatic rings. The minimum absolute atomic E-state index is 0.00783. The van der Waals surface area contributed by atoms with Crippen LogP contribution in [0.2, 0.25) is 0 Å². The molecular weight excluding hydrogens is 210 g/mol. The fourth-order valence-electron chi connectivity index (χ4n) is 2.06. The molecule has 1 aromatic heterocycles. The zero-order chi connectivity index (χ0) is 11.8. The number of rotatable bonds is 3. The molecule has 2 heterocycles. The Balaban J connectivity index is 2.05. The number of aromatic carboxylic acids is 1. The van der Waals surface area contributed by atoms with Gasteiger partial charge in [0.05, 0.1) is 11.9 Å². The lowest BCUT2D eigenvalue weighted by molar-refractivity contribution is 0.0653. The van der Waals surface area contributed by atoms with Gasteiger partial charge in [0.2, 0.25) is 5.76 Å². The lowest BCUT2D eigenvalue weighted by atomic mass is 10.1. The number of hydrogen-bond acceptors (Lipinski definition) is 4. The molecule has 0 bridgehead atoms. The van der Waals surface area contributed by atoms with Crippen molar-refractivity contribution in [2.75, 3.05) is 13.1 Å². The van der Waals surface area contributed by atoms with Crippen molar-refractivity contribution >= 4 is 5.97 Å². The van der Waals surface area contributed by atoms with E-state index in [0.29, 0.717) is 25.1 Å². The summed E-state index contributed by atoms with van der Waals surface area (Å²) in [6.45, 7) is 3.64. The highest BCUT2D eigenvalue weighted by Crippen LogP contribution is 2.23. The largest absolute Gasteiger partial charge is 0.475 e. The van der Waals surface area contributed by atoms with Crippen LogP contribution in [0.4, 0.5) is 0 Å². The van der Waals surface area contributed by atoms with Crippen LogP contribution in [0, 0.1) is 0 Å².